The highest BCUT2D eigenvalue weighted by atomic mass is 16.2. The van der Waals surface area contributed by atoms with Crippen molar-refractivity contribution < 1.29 is 4.79 Å². The number of carbonyl (C=O) groups is 1. The largest absolute Gasteiger partial charge is 0.368 e. The Kier molecular flexibility index (Phi) is 6.35. The molecule has 3 heterocycles. The molecule has 1 amide bonds. The second-order valence-corrected chi connectivity index (χ2v) is 9.72. The van der Waals surface area contributed by atoms with Crippen molar-refractivity contribution in [2.45, 2.75) is 40.5 Å². The molecule has 0 N–H and O–H groups in total. The first-order valence-electron chi connectivity index (χ1n) is 12.4. The summed E-state index contributed by atoms with van der Waals surface area (Å²) in [6, 6.07) is 12.4. The zero-order valence-electron chi connectivity index (χ0n) is 21.4. The van der Waals surface area contributed by atoms with E-state index in [1.54, 1.807) is 21.4 Å². The smallest absolute Gasteiger partial charge is 0.300 e. The van der Waals surface area contributed by atoms with Gasteiger partial charge in [0, 0.05) is 62.8 Å². The quantitative estimate of drug-likeness (QED) is 0.434. The molecule has 0 radical (unpaired) electrons. The van der Waals surface area contributed by atoms with E-state index in [1.165, 1.54) is 16.8 Å². The molecule has 2 aromatic carbocycles. The van der Waals surface area contributed by atoms with Crippen LogP contribution in [-0.4, -0.2) is 56.2 Å². The summed E-state index contributed by atoms with van der Waals surface area (Å²) in [5.41, 5.74) is 6.86. The Morgan fingerprint density at radius 2 is 1.64 bits per heavy atom. The average Bonchev–Trinajstić information content (AvgIpc) is 3.28. The maximum absolute atomic E-state index is 13.1. The van der Waals surface area contributed by atoms with Gasteiger partial charge in [0.2, 0.25) is 11.6 Å². The van der Waals surface area contributed by atoms with Crippen LogP contribution in [0.15, 0.2) is 53.6 Å². The normalized spacial score (nSPS) is 14.0. The number of benzene rings is 2. The summed E-state index contributed by atoms with van der Waals surface area (Å²) in [5, 5.41) is 8.38. The molecule has 1 aliphatic rings. The van der Waals surface area contributed by atoms with Crippen LogP contribution in [-0.2, 0) is 11.2 Å². The van der Waals surface area contributed by atoms with Crippen LogP contribution in [0.1, 0.15) is 34.5 Å². The van der Waals surface area contributed by atoms with Crippen LogP contribution in [0.2, 0.25) is 0 Å². The molecule has 0 bridgehead atoms. The van der Waals surface area contributed by atoms with Gasteiger partial charge in [0.05, 0.1) is 0 Å². The summed E-state index contributed by atoms with van der Waals surface area (Å²) in [5.74, 6) is 0.730. The van der Waals surface area contributed by atoms with E-state index < -0.39 is 0 Å². The van der Waals surface area contributed by atoms with Gasteiger partial charge < -0.3 is 9.80 Å². The number of piperazine rings is 1. The number of aryl methyl sites for hydroxylation is 4. The van der Waals surface area contributed by atoms with Gasteiger partial charge in [0.25, 0.3) is 0 Å². The Bertz CT molecular complexity index is 1470. The van der Waals surface area contributed by atoms with Gasteiger partial charge in [-0.15, -0.1) is 10.2 Å². The number of rotatable bonds is 5. The van der Waals surface area contributed by atoms with Gasteiger partial charge in [0.1, 0.15) is 5.82 Å². The van der Waals surface area contributed by atoms with E-state index in [1.807, 2.05) is 30.9 Å². The molecule has 8 heteroatoms. The van der Waals surface area contributed by atoms with Crippen molar-refractivity contribution >= 4 is 17.2 Å². The molecule has 0 aliphatic carbocycles. The van der Waals surface area contributed by atoms with Gasteiger partial charge in [0.15, 0.2) is 0 Å². The fraction of sp³-hybridized carbons (Fsp3) is 0.357. The van der Waals surface area contributed by atoms with Gasteiger partial charge >= 0.3 is 5.56 Å². The molecule has 4 aromatic rings. The summed E-state index contributed by atoms with van der Waals surface area (Å²) >= 11 is 0. The van der Waals surface area contributed by atoms with Crippen molar-refractivity contribution in [3.8, 4) is 5.69 Å². The molecule has 2 aromatic heterocycles. The lowest BCUT2D eigenvalue weighted by molar-refractivity contribution is -0.131. The van der Waals surface area contributed by atoms with Crippen LogP contribution >= 0.6 is 0 Å². The van der Waals surface area contributed by atoms with Crippen LogP contribution in [0.25, 0.3) is 11.3 Å². The van der Waals surface area contributed by atoms with Crippen molar-refractivity contribution in [2.24, 2.45) is 0 Å². The molecule has 186 valence electrons. The lowest BCUT2D eigenvalue weighted by atomic mass is 10.1. The van der Waals surface area contributed by atoms with Gasteiger partial charge in [-0.05, 0) is 68.1 Å². The van der Waals surface area contributed by atoms with E-state index in [0.29, 0.717) is 31.8 Å². The molecule has 1 saturated heterocycles. The van der Waals surface area contributed by atoms with Gasteiger partial charge in [-0.2, -0.15) is 0 Å². The molecule has 1 aliphatic heterocycles. The predicted octanol–water partition coefficient (Wildman–Crippen LogP) is 3.40. The summed E-state index contributed by atoms with van der Waals surface area (Å²) in [6.45, 7) is 11.4. The van der Waals surface area contributed by atoms with E-state index in [4.69, 9.17) is 0 Å². The number of fused-ring (bicyclic) bond motifs is 1. The fourth-order valence-electron chi connectivity index (χ4n) is 5.05. The highest BCUT2D eigenvalue weighted by Gasteiger charge is 2.23. The Labute approximate surface area is 210 Å². The number of hydrogen-bond acceptors (Lipinski definition) is 5. The summed E-state index contributed by atoms with van der Waals surface area (Å²) in [4.78, 5) is 30.3. The maximum atomic E-state index is 13.1. The van der Waals surface area contributed by atoms with Crippen LogP contribution in [0.5, 0.6) is 0 Å². The Morgan fingerprint density at radius 1 is 0.917 bits per heavy atom. The van der Waals surface area contributed by atoms with Crippen molar-refractivity contribution in [1.29, 1.82) is 0 Å². The molecule has 8 nitrogen and oxygen atoms in total. The molecular weight excluding hydrogens is 452 g/mol. The van der Waals surface area contributed by atoms with E-state index in [0.717, 1.165) is 29.9 Å². The van der Waals surface area contributed by atoms with Crippen molar-refractivity contribution in [3.63, 3.8) is 0 Å². The number of amides is 1. The number of nitrogens with zero attached hydrogens (tertiary/aromatic N) is 6. The summed E-state index contributed by atoms with van der Waals surface area (Å²) < 4.78 is 3.29. The van der Waals surface area contributed by atoms with Gasteiger partial charge in [-0.3, -0.25) is 18.6 Å². The molecule has 0 atom stereocenters. The predicted molar refractivity (Wildman–Crippen MR) is 141 cm³/mol. The first-order chi connectivity index (χ1) is 17.3. The van der Waals surface area contributed by atoms with Crippen molar-refractivity contribution in [2.75, 3.05) is 31.1 Å². The number of carbonyl (C=O) groups excluding carboxylic acids is 1. The minimum atomic E-state index is -0.227. The second-order valence-electron chi connectivity index (χ2n) is 9.72. The zero-order valence-corrected chi connectivity index (χ0v) is 21.4. The SMILES string of the molecule is Cc1cc(C)cc(-n2ccn3c(CCC(=O)N4CCN(c5cccc(C)c5C)CC4)nnc3c2=O)c1. The lowest BCUT2D eigenvalue weighted by Crippen LogP contribution is -2.49. The first-order valence-corrected chi connectivity index (χ1v) is 12.4. The number of hydrogen-bond donors (Lipinski definition) is 0. The topological polar surface area (TPSA) is 75.7 Å². The second kappa shape index (κ2) is 9.60. The third-order valence-corrected chi connectivity index (χ3v) is 7.14. The Balaban J connectivity index is 1.25. The minimum absolute atomic E-state index is 0.107. The van der Waals surface area contributed by atoms with Crippen LogP contribution in [0, 0.1) is 27.7 Å². The van der Waals surface area contributed by atoms with E-state index in [9.17, 15) is 9.59 Å². The highest BCUT2D eigenvalue weighted by molar-refractivity contribution is 5.76. The van der Waals surface area contributed by atoms with E-state index in [-0.39, 0.29) is 17.1 Å². The monoisotopic (exact) mass is 484 g/mol. The summed E-state index contributed by atoms with van der Waals surface area (Å²) in [7, 11) is 0. The highest BCUT2D eigenvalue weighted by Crippen LogP contribution is 2.24. The van der Waals surface area contributed by atoms with Crippen molar-refractivity contribution in [3.05, 3.63) is 87.2 Å². The van der Waals surface area contributed by atoms with Gasteiger partial charge in [-0.1, -0.05) is 18.2 Å². The van der Waals surface area contributed by atoms with E-state index >= 15 is 0 Å². The average molecular weight is 485 g/mol. The molecule has 5 rings (SSSR count). The lowest BCUT2D eigenvalue weighted by Gasteiger charge is -2.37. The summed E-state index contributed by atoms with van der Waals surface area (Å²) in [6.07, 6.45) is 4.32. The molecule has 0 unspecified atom stereocenters. The van der Waals surface area contributed by atoms with Crippen molar-refractivity contribution in [1.82, 2.24) is 24.1 Å². The molecule has 36 heavy (non-hydrogen) atoms. The number of aromatic nitrogens is 4. The fourth-order valence-corrected chi connectivity index (χ4v) is 5.05. The molecule has 0 spiro atoms. The molecular formula is C28H32N6O2. The van der Waals surface area contributed by atoms with Gasteiger partial charge in [-0.25, -0.2) is 0 Å². The van der Waals surface area contributed by atoms with Crippen LogP contribution in [0.4, 0.5) is 5.69 Å². The number of anilines is 1. The first kappa shape index (κ1) is 23.8. The third kappa shape index (κ3) is 4.51. The Morgan fingerprint density at radius 3 is 2.36 bits per heavy atom. The zero-order chi connectivity index (χ0) is 25.4. The molecule has 0 saturated carbocycles. The molecule has 1 fully saturated rings. The van der Waals surface area contributed by atoms with Crippen LogP contribution < -0.4 is 10.5 Å². The van der Waals surface area contributed by atoms with E-state index in [2.05, 4.69) is 53.2 Å². The van der Waals surface area contributed by atoms with Crippen LogP contribution in [0.3, 0.4) is 0 Å². The minimum Gasteiger partial charge on any atom is -0.368 e. The maximum Gasteiger partial charge on any atom is 0.300 e. The standard InChI is InChI=1S/C28H32N6O2/c1-19-16-20(2)18-23(17-19)33-14-15-34-25(29-30-27(34)28(33)36)8-9-26(35)32-12-10-31(11-13-32)24-7-5-6-21(3)22(24)4/h5-7,14-18H,8-13H2,1-4H3. The Hall–Kier alpha value is -3.94. The third-order valence-electron chi connectivity index (χ3n) is 7.14.